The summed E-state index contributed by atoms with van der Waals surface area (Å²) in [6, 6.07) is 7.88. The number of hydrogen-bond donors (Lipinski definition) is 1. The van der Waals surface area contributed by atoms with Crippen LogP contribution in [0.5, 0.6) is 0 Å². The number of unbranched alkanes of at least 4 members (excludes halogenated alkanes) is 5. The maximum Gasteiger partial charge on any atom is 0.0975 e. The van der Waals surface area contributed by atoms with E-state index in [1.54, 1.807) is 0 Å². The number of ether oxygens (including phenoxy) is 1. The summed E-state index contributed by atoms with van der Waals surface area (Å²) in [5.74, 6) is 0. The zero-order chi connectivity index (χ0) is 15.5. The van der Waals surface area contributed by atoms with Gasteiger partial charge < -0.3 is 10.5 Å². The van der Waals surface area contributed by atoms with Gasteiger partial charge in [0.1, 0.15) is 0 Å². The second-order valence-electron chi connectivity index (χ2n) is 5.68. The van der Waals surface area contributed by atoms with Crippen molar-refractivity contribution in [3.63, 3.8) is 0 Å². The van der Waals surface area contributed by atoms with Crippen LogP contribution in [0.1, 0.15) is 70.5 Å². The van der Waals surface area contributed by atoms with Crippen LogP contribution in [-0.4, -0.2) is 12.6 Å². The normalized spacial score (nSPS) is 14.1. The van der Waals surface area contributed by atoms with Gasteiger partial charge in [0.15, 0.2) is 0 Å². The fourth-order valence-corrected chi connectivity index (χ4v) is 2.55. The van der Waals surface area contributed by atoms with Crippen molar-refractivity contribution in [2.45, 2.75) is 70.9 Å². The molecule has 2 unspecified atom stereocenters. The van der Waals surface area contributed by atoms with Crippen LogP contribution in [0, 0.1) is 0 Å². The van der Waals surface area contributed by atoms with Gasteiger partial charge in [-0.25, -0.2) is 0 Å². The van der Waals surface area contributed by atoms with Gasteiger partial charge in [0.2, 0.25) is 0 Å². The lowest BCUT2D eigenvalue weighted by Crippen LogP contribution is -2.29. The van der Waals surface area contributed by atoms with Crippen LogP contribution in [0.3, 0.4) is 0 Å². The standard InChI is InChI=1S/C18H30ClNO/c1-3-5-6-7-8-9-14-21-18(17(20)4-2)15-10-12-16(19)13-11-15/h10-13,17-18H,3-9,14,20H2,1-2H3. The van der Waals surface area contributed by atoms with Crippen LogP contribution in [0.2, 0.25) is 5.02 Å². The summed E-state index contributed by atoms with van der Waals surface area (Å²) in [6.07, 6.45) is 8.52. The molecule has 2 nitrogen and oxygen atoms in total. The lowest BCUT2D eigenvalue weighted by Gasteiger charge is -2.24. The van der Waals surface area contributed by atoms with Crippen LogP contribution in [-0.2, 0) is 4.74 Å². The topological polar surface area (TPSA) is 35.2 Å². The maximum absolute atomic E-state index is 6.21. The lowest BCUT2D eigenvalue weighted by molar-refractivity contribution is 0.0311. The van der Waals surface area contributed by atoms with E-state index < -0.39 is 0 Å². The van der Waals surface area contributed by atoms with Gasteiger partial charge >= 0.3 is 0 Å². The summed E-state index contributed by atoms with van der Waals surface area (Å²) in [5.41, 5.74) is 7.33. The van der Waals surface area contributed by atoms with Gasteiger partial charge in [-0.05, 0) is 30.5 Å². The van der Waals surface area contributed by atoms with E-state index in [0.717, 1.165) is 30.0 Å². The van der Waals surface area contributed by atoms with E-state index in [9.17, 15) is 0 Å². The van der Waals surface area contributed by atoms with Crippen LogP contribution in [0.4, 0.5) is 0 Å². The molecule has 3 heteroatoms. The third-order valence-electron chi connectivity index (χ3n) is 3.85. The number of hydrogen-bond acceptors (Lipinski definition) is 2. The molecule has 1 aromatic rings. The highest BCUT2D eigenvalue weighted by Gasteiger charge is 2.18. The van der Waals surface area contributed by atoms with Crippen LogP contribution >= 0.6 is 11.6 Å². The molecule has 0 amide bonds. The average Bonchev–Trinajstić information content (AvgIpc) is 2.50. The molecule has 21 heavy (non-hydrogen) atoms. The molecule has 0 radical (unpaired) electrons. The number of benzene rings is 1. The van der Waals surface area contributed by atoms with Crippen molar-refractivity contribution in [1.29, 1.82) is 0 Å². The van der Waals surface area contributed by atoms with Crippen LogP contribution in [0.15, 0.2) is 24.3 Å². The van der Waals surface area contributed by atoms with Gasteiger partial charge in [-0.2, -0.15) is 0 Å². The Kier molecular flexibility index (Phi) is 9.73. The van der Waals surface area contributed by atoms with Gasteiger partial charge in [0.25, 0.3) is 0 Å². The first-order valence-electron chi connectivity index (χ1n) is 8.31. The highest BCUT2D eigenvalue weighted by molar-refractivity contribution is 6.30. The van der Waals surface area contributed by atoms with Gasteiger partial charge in [-0.15, -0.1) is 0 Å². The Hall–Kier alpha value is -0.570. The first kappa shape index (κ1) is 18.5. The molecule has 0 aliphatic carbocycles. The summed E-state index contributed by atoms with van der Waals surface area (Å²) in [7, 11) is 0. The third-order valence-corrected chi connectivity index (χ3v) is 4.11. The molecule has 0 heterocycles. The van der Waals surface area contributed by atoms with Gasteiger partial charge in [0, 0.05) is 17.7 Å². The summed E-state index contributed by atoms with van der Waals surface area (Å²) in [6.45, 7) is 5.13. The molecule has 0 aromatic heterocycles. The highest BCUT2D eigenvalue weighted by Crippen LogP contribution is 2.24. The largest absolute Gasteiger partial charge is 0.372 e. The van der Waals surface area contributed by atoms with Crippen molar-refractivity contribution < 1.29 is 4.74 Å². The minimum Gasteiger partial charge on any atom is -0.372 e. The molecular weight excluding hydrogens is 282 g/mol. The Labute approximate surface area is 135 Å². The summed E-state index contributed by atoms with van der Waals surface area (Å²) < 4.78 is 6.06. The molecule has 0 aliphatic rings. The van der Waals surface area contributed by atoms with E-state index >= 15 is 0 Å². The Morgan fingerprint density at radius 2 is 1.62 bits per heavy atom. The van der Waals surface area contributed by atoms with E-state index in [4.69, 9.17) is 22.1 Å². The zero-order valence-corrected chi connectivity index (χ0v) is 14.2. The fraction of sp³-hybridized carbons (Fsp3) is 0.667. The summed E-state index contributed by atoms with van der Waals surface area (Å²) >= 11 is 5.94. The SMILES string of the molecule is CCCCCCCCOC(c1ccc(Cl)cc1)C(N)CC. The first-order valence-corrected chi connectivity index (χ1v) is 8.69. The third kappa shape index (κ3) is 7.30. The Bertz CT molecular complexity index is 366. The van der Waals surface area contributed by atoms with Gasteiger partial charge in [0.05, 0.1) is 6.10 Å². The average molecular weight is 312 g/mol. The first-order chi connectivity index (χ1) is 10.2. The molecule has 0 fully saturated rings. The molecule has 0 saturated heterocycles. The van der Waals surface area contributed by atoms with Crippen molar-refractivity contribution in [2.75, 3.05) is 6.61 Å². The molecule has 0 bridgehead atoms. The second kappa shape index (κ2) is 11.1. The zero-order valence-electron chi connectivity index (χ0n) is 13.5. The fourth-order valence-electron chi connectivity index (χ4n) is 2.43. The van der Waals surface area contributed by atoms with Crippen LogP contribution < -0.4 is 5.73 Å². The van der Waals surface area contributed by atoms with Crippen molar-refractivity contribution in [2.24, 2.45) is 5.73 Å². The summed E-state index contributed by atoms with van der Waals surface area (Å²) in [4.78, 5) is 0. The maximum atomic E-state index is 6.21. The van der Waals surface area contributed by atoms with Crippen molar-refractivity contribution in [3.8, 4) is 0 Å². The molecule has 120 valence electrons. The Morgan fingerprint density at radius 1 is 1.00 bits per heavy atom. The smallest absolute Gasteiger partial charge is 0.0975 e. The molecule has 1 aromatic carbocycles. The Morgan fingerprint density at radius 3 is 2.24 bits per heavy atom. The van der Waals surface area contributed by atoms with E-state index in [1.165, 1.54) is 32.1 Å². The summed E-state index contributed by atoms with van der Waals surface area (Å²) in [5, 5.41) is 0.749. The number of nitrogens with two attached hydrogens (primary N) is 1. The molecule has 2 atom stereocenters. The lowest BCUT2D eigenvalue weighted by atomic mass is 10.0. The number of rotatable bonds is 11. The van der Waals surface area contributed by atoms with Crippen molar-refractivity contribution >= 4 is 11.6 Å². The van der Waals surface area contributed by atoms with E-state index in [2.05, 4.69) is 13.8 Å². The molecular formula is C18H30ClNO. The minimum atomic E-state index is -0.0251. The molecule has 0 aliphatic heterocycles. The van der Waals surface area contributed by atoms with Gasteiger partial charge in [-0.3, -0.25) is 0 Å². The van der Waals surface area contributed by atoms with E-state index in [-0.39, 0.29) is 12.1 Å². The van der Waals surface area contributed by atoms with Crippen LogP contribution in [0.25, 0.3) is 0 Å². The molecule has 0 spiro atoms. The van der Waals surface area contributed by atoms with Crippen molar-refractivity contribution in [1.82, 2.24) is 0 Å². The molecule has 1 rings (SSSR count). The predicted octanol–water partition coefficient (Wildman–Crippen LogP) is 5.50. The quantitative estimate of drug-likeness (QED) is 0.548. The highest BCUT2D eigenvalue weighted by atomic mass is 35.5. The van der Waals surface area contributed by atoms with Crippen molar-refractivity contribution in [3.05, 3.63) is 34.9 Å². The molecule has 2 N–H and O–H groups in total. The minimum absolute atomic E-state index is 0.0251. The monoisotopic (exact) mass is 311 g/mol. The van der Waals surface area contributed by atoms with E-state index in [1.807, 2.05) is 24.3 Å². The van der Waals surface area contributed by atoms with Gasteiger partial charge in [-0.1, -0.05) is 69.7 Å². The van der Waals surface area contributed by atoms with E-state index in [0.29, 0.717) is 0 Å². The second-order valence-corrected chi connectivity index (χ2v) is 6.12. The predicted molar refractivity (Wildman–Crippen MR) is 91.8 cm³/mol. The molecule has 0 saturated carbocycles. The number of halogens is 1. The Balaban J connectivity index is 2.39.